The van der Waals surface area contributed by atoms with Crippen molar-refractivity contribution in [2.24, 2.45) is 0 Å². The minimum Gasteiger partial charge on any atom is -0.744 e. The van der Waals surface area contributed by atoms with E-state index in [1.54, 1.807) is 6.07 Å². The standard InChI is InChI=1S/C14H8I2O3S/c15-9-2-1-8-5-14(16)11-4-3-10(20(17,18)19)7-13(11)12(8)6-9/h1-7H,(H,17,18,19)/p-1. The van der Waals surface area contributed by atoms with E-state index in [-0.39, 0.29) is 4.90 Å². The van der Waals surface area contributed by atoms with Crippen LogP contribution in [0.5, 0.6) is 0 Å². The van der Waals surface area contributed by atoms with Crippen LogP contribution in [-0.4, -0.2) is 13.0 Å². The second-order valence-corrected chi connectivity index (χ2v) is 8.17. The maximum Gasteiger partial charge on any atom is 0.124 e. The third-order valence-corrected chi connectivity index (χ3v) is 5.52. The molecule has 0 fully saturated rings. The number of fused-ring (bicyclic) bond motifs is 3. The molecule has 3 aromatic rings. The first-order valence-electron chi connectivity index (χ1n) is 5.64. The average Bonchev–Trinajstić information content (AvgIpc) is 2.38. The second-order valence-electron chi connectivity index (χ2n) is 4.39. The van der Waals surface area contributed by atoms with E-state index in [1.165, 1.54) is 12.1 Å². The third kappa shape index (κ3) is 2.53. The zero-order valence-corrected chi connectivity index (χ0v) is 15.1. The van der Waals surface area contributed by atoms with Gasteiger partial charge in [0, 0.05) is 7.14 Å². The molecule has 3 nitrogen and oxygen atoms in total. The van der Waals surface area contributed by atoms with Crippen LogP contribution in [0, 0.1) is 7.14 Å². The van der Waals surface area contributed by atoms with Crippen LogP contribution in [0.3, 0.4) is 0 Å². The molecule has 0 aromatic heterocycles. The van der Waals surface area contributed by atoms with E-state index in [9.17, 15) is 13.0 Å². The molecule has 0 saturated heterocycles. The minimum atomic E-state index is -4.44. The third-order valence-electron chi connectivity index (χ3n) is 3.12. The Balaban J connectivity index is 2.53. The molecule has 3 aromatic carbocycles. The molecule has 0 amide bonds. The first-order valence-corrected chi connectivity index (χ1v) is 9.20. The fourth-order valence-electron chi connectivity index (χ4n) is 2.21. The van der Waals surface area contributed by atoms with Crippen molar-refractivity contribution in [3.63, 3.8) is 0 Å². The van der Waals surface area contributed by atoms with Crippen molar-refractivity contribution in [2.45, 2.75) is 4.90 Å². The lowest BCUT2D eigenvalue weighted by atomic mass is 10.0. The van der Waals surface area contributed by atoms with Gasteiger partial charge in [0.2, 0.25) is 0 Å². The van der Waals surface area contributed by atoms with Gasteiger partial charge in [0.05, 0.1) is 4.90 Å². The fourth-order valence-corrected chi connectivity index (χ4v) is 4.01. The second kappa shape index (κ2) is 5.08. The Bertz CT molecular complexity index is 949. The Morgan fingerprint density at radius 1 is 0.850 bits per heavy atom. The Morgan fingerprint density at radius 2 is 1.60 bits per heavy atom. The van der Waals surface area contributed by atoms with Crippen molar-refractivity contribution in [1.29, 1.82) is 0 Å². The first kappa shape index (κ1) is 14.5. The minimum absolute atomic E-state index is 0.188. The molecular weight excluding hydrogens is 502 g/mol. The molecule has 0 aliphatic carbocycles. The van der Waals surface area contributed by atoms with Crippen molar-refractivity contribution in [3.05, 3.63) is 49.6 Å². The van der Waals surface area contributed by atoms with Crippen LogP contribution in [0.1, 0.15) is 0 Å². The van der Waals surface area contributed by atoms with Gasteiger partial charge in [-0.3, -0.25) is 0 Å². The maximum atomic E-state index is 11.2. The van der Waals surface area contributed by atoms with Crippen molar-refractivity contribution < 1.29 is 13.0 Å². The van der Waals surface area contributed by atoms with Gasteiger partial charge >= 0.3 is 0 Å². The summed E-state index contributed by atoms with van der Waals surface area (Å²) in [6, 6.07) is 12.6. The topological polar surface area (TPSA) is 57.2 Å². The summed E-state index contributed by atoms with van der Waals surface area (Å²) in [6.45, 7) is 0. The summed E-state index contributed by atoms with van der Waals surface area (Å²) in [5.74, 6) is 0. The van der Waals surface area contributed by atoms with Crippen LogP contribution in [0.25, 0.3) is 21.5 Å². The van der Waals surface area contributed by atoms with Crippen LogP contribution in [0.2, 0.25) is 0 Å². The van der Waals surface area contributed by atoms with Crippen LogP contribution < -0.4 is 0 Å². The highest BCUT2D eigenvalue weighted by atomic mass is 127. The van der Waals surface area contributed by atoms with E-state index in [4.69, 9.17) is 0 Å². The van der Waals surface area contributed by atoms with Crippen molar-refractivity contribution in [3.8, 4) is 0 Å². The van der Waals surface area contributed by atoms with Gasteiger partial charge in [-0.05, 0) is 97.1 Å². The normalized spacial score (nSPS) is 12.2. The Hall–Kier alpha value is -0.450. The summed E-state index contributed by atoms with van der Waals surface area (Å²) in [5, 5.41) is 3.73. The van der Waals surface area contributed by atoms with Crippen molar-refractivity contribution >= 4 is 76.8 Å². The molecule has 0 atom stereocenters. The van der Waals surface area contributed by atoms with Crippen LogP contribution in [0.15, 0.2) is 47.4 Å². The highest BCUT2D eigenvalue weighted by Crippen LogP contribution is 2.32. The summed E-state index contributed by atoms with van der Waals surface area (Å²) in [7, 11) is -4.44. The van der Waals surface area contributed by atoms with Crippen LogP contribution in [0.4, 0.5) is 0 Å². The predicted octanol–water partition coefficient (Wildman–Crippen LogP) is 4.11. The Labute approximate surface area is 143 Å². The highest BCUT2D eigenvalue weighted by Gasteiger charge is 2.09. The Kier molecular flexibility index (Phi) is 3.68. The van der Waals surface area contributed by atoms with Gasteiger partial charge in [-0.15, -0.1) is 0 Å². The zero-order chi connectivity index (χ0) is 14.5. The molecule has 0 heterocycles. The lowest BCUT2D eigenvalue weighted by molar-refractivity contribution is 0.463. The summed E-state index contributed by atoms with van der Waals surface area (Å²) in [4.78, 5) is -0.188. The highest BCUT2D eigenvalue weighted by molar-refractivity contribution is 14.1. The van der Waals surface area contributed by atoms with E-state index >= 15 is 0 Å². The molecule has 0 bridgehead atoms. The van der Waals surface area contributed by atoms with E-state index in [0.717, 1.165) is 28.7 Å². The molecule has 0 spiro atoms. The van der Waals surface area contributed by atoms with E-state index in [2.05, 4.69) is 51.2 Å². The van der Waals surface area contributed by atoms with E-state index in [1.807, 2.05) is 18.2 Å². The summed E-state index contributed by atoms with van der Waals surface area (Å²) >= 11 is 4.43. The molecule has 6 heteroatoms. The van der Waals surface area contributed by atoms with E-state index in [0.29, 0.717) is 0 Å². The molecule has 20 heavy (non-hydrogen) atoms. The van der Waals surface area contributed by atoms with Gasteiger partial charge in [0.15, 0.2) is 0 Å². The molecule has 0 saturated carbocycles. The van der Waals surface area contributed by atoms with Crippen LogP contribution >= 0.6 is 45.2 Å². The lowest BCUT2D eigenvalue weighted by Gasteiger charge is -2.11. The number of rotatable bonds is 1. The SMILES string of the molecule is O=S(=O)([O-])c1ccc2c(I)cc3ccc(I)cc3c2c1. The largest absolute Gasteiger partial charge is 0.744 e. The predicted molar refractivity (Wildman–Crippen MR) is 94.9 cm³/mol. The van der Waals surface area contributed by atoms with Gasteiger partial charge in [0.1, 0.15) is 10.1 Å². The van der Waals surface area contributed by atoms with E-state index < -0.39 is 10.1 Å². The van der Waals surface area contributed by atoms with Gasteiger partial charge in [0.25, 0.3) is 0 Å². The number of hydrogen-bond acceptors (Lipinski definition) is 3. The van der Waals surface area contributed by atoms with Gasteiger partial charge < -0.3 is 4.55 Å². The van der Waals surface area contributed by atoms with Crippen molar-refractivity contribution in [2.75, 3.05) is 0 Å². The number of benzene rings is 3. The molecule has 3 rings (SSSR count). The molecule has 0 unspecified atom stereocenters. The fraction of sp³-hybridized carbons (Fsp3) is 0. The van der Waals surface area contributed by atoms with Gasteiger partial charge in [-0.25, -0.2) is 8.42 Å². The molecule has 0 N–H and O–H groups in total. The molecular formula is C14H7I2O3S-. The van der Waals surface area contributed by atoms with Gasteiger partial charge in [-0.1, -0.05) is 12.1 Å². The summed E-state index contributed by atoms with van der Waals surface area (Å²) < 4.78 is 35.7. The summed E-state index contributed by atoms with van der Waals surface area (Å²) in [6.07, 6.45) is 0. The molecule has 0 radical (unpaired) electrons. The smallest absolute Gasteiger partial charge is 0.124 e. The average molecular weight is 509 g/mol. The Morgan fingerprint density at radius 3 is 2.30 bits per heavy atom. The molecule has 102 valence electrons. The number of hydrogen-bond donors (Lipinski definition) is 0. The number of halogens is 2. The maximum absolute atomic E-state index is 11.2. The van der Waals surface area contributed by atoms with Crippen molar-refractivity contribution in [1.82, 2.24) is 0 Å². The summed E-state index contributed by atoms with van der Waals surface area (Å²) in [5.41, 5.74) is 0. The monoisotopic (exact) mass is 509 g/mol. The molecule has 0 aliphatic heterocycles. The first-order chi connectivity index (χ1) is 9.36. The van der Waals surface area contributed by atoms with Crippen LogP contribution in [-0.2, 0) is 10.1 Å². The van der Waals surface area contributed by atoms with Gasteiger partial charge in [-0.2, -0.15) is 0 Å². The lowest BCUT2D eigenvalue weighted by Crippen LogP contribution is -1.98. The quantitative estimate of drug-likeness (QED) is 0.282. The zero-order valence-electron chi connectivity index (χ0n) is 9.93. The molecule has 0 aliphatic rings.